The summed E-state index contributed by atoms with van der Waals surface area (Å²) in [6.45, 7) is 0.191. The quantitative estimate of drug-likeness (QED) is 0.481. The van der Waals surface area contributed by atoms with E-state index in [0.29, 0.717) is 40.8 Å². The monoisotopic (exact) mass is 555 g/mol. The lowest BCUT2D eigenvalue weighted by atomic mass is 9.93. The van der Waals surface area contributed by atoms with Crippen LogP contribution in [-0.4, -0.2) is 82.3 Å². The van der Waals surface area contributed by atoms with Gasteiger partial charge in [-0.3, -0.25) is 4.90 Å². The number of rotatable bonds is 5. The van der Waals surface area contributed by atoms with Gasteiger partial charge in [0.1, 0.15) is 22.2 Å². The number of aryl methyl sites for hydroxylation is 1. The molecule has 1 aliphatic carbocycles. The van der Waals surface area contributed by atoms with E-state index in [9.17, 15) is 26.7 Å². The zero-order valence-electron chi connectivity index (χ0n) is 20.8. The van der Waals surface area contributed by atoms with Crippen molar-refractivity contribution < 1.29 is 31.1 Å². The Kier molecular flexibility index (Phi) is 7.22. The maximum atomic E-state index is 15.3. The van der Waals surface area contributed by atoms with Crippen molar-refractivity contribution in [2.45, 2.75) is 55.8 Å². The molecular formula is C25H29F4N5O3S. The number of piperazine rings is 1. The molecule has 3 aromatic rings. The van der Waals surface area contributed by atoms with Crippen LogP contribution >= 0.6 is 0 Å². The highest BCUT2D eigenvalue weighted by atomic mass is 32.2. The maximum Gasteiger partial charge on any atom is 0.401 e. The molecule has 0 atom stereocenters. The lowest BCUT2D eigenvalue weighted by Gasteiger charge is -2.34. The normalized spacial score (nSPS) is 22.3. The number of sulfonamides is 1. The van der Waals surface area contributed by atoms with E-state index in [0.717, 1.165) is 28.1 Å². The Balaban J connectivity index is 1.42. The number of alkyl halides is 3. The van der Waals surface area contributed by atoms with E-state index in [4.69, 9.17) is 0 Å². The first-order valence-electron chi connectivity index (χ1n) is 12.5. The van der Waals surface area contributed by atoms with Gasteiger partial charge in [0, 0.05) is 55.6 Å². The molecule has 1 N–H and O–H groups in total. The number of halogens is 4. The highest BCUT2D eigenvalue weighted by Gasteiger charge is 2.36. The first kappa shape index (κ1) is 27.0. The highest BCUT2D eigenvalue weighted by molar-refractivity contribution is 7.89. The molecule has 2 fully saturated rings. The second-order valence-corrected chi connectivity index (χ2v) is 11.9. The van der Waals surface area contributed by atoms with Gasteiger partial charge in [-0.15, -0.1) is 0 Å². The van der Waals surface area contributed by atoms with Gasteiger partial charge in [-0.25, -0.2) is 22.8 Å². The largest absolute Gasteiger partial charge is 0.401 e. The number of benzene rings is 1. The summed E-state index contributed by atoms with van der Waals surface area (Å²) in [5.41, 5.74) is 1.82. The highest BCUT2D eigenvalue weighted by Crippen LogP contribution is 2.37. The van der Waals surface area contributed by atoms with Crippen LogP contribution < -0.4 is 0 Å². The minimum Gasteiger partial charge on any atom is -0.393 e. The zero-order chi connectivity index (χ0) is 27.2. The summed E-state index contributed by atoms with van der Waals surface area (Å²) in [5.74, 6) is -0.350. The van der Waals surface area contributed by atoms with Gasteiger partial charge in [-0.05, 0) is 50.3 Å². The smallest absolute Gasteiger partial charge is 0.393 e. The predicted octanol–water partition coefficient (Wildman–Crippen LogP) is 3.89. The molecule has 38 heavy (non-hydrogen) atoms. The molecule has 0 amide bonds. The summed E-state index contributed by atoms with van der Waals surface area (Å²) in [6, 6.07) is 4.01. The summed E-state index contributed by atoms with van der Waals surface area (Å²) >= 11 is 0. The molecule has 0 spiro atoms. The SMILES string of the molecule is Cc1ncc2c(-c3ccc(S(=O)(=O)N4CCN(CC(F)(F)F)CC4)c(F)c3)cn([C@H]3CC[C@@H](O)CC3)c2n1. The molecule has 0 bridgehead atoms. The molecule has 1 saturated heterocycles. The molecule has 1 saturated carbocycles. The molecule has 206 valence electrons. The number of fused-ring (bicyclic) bond motifs is 1. The molecular weight excluding hydrogens is 526 g/mol. The van der Waals surface area contributed by atoms with Gasteiger partial charge >= 0.3 is 6.18 Å². The Morgan fingerprint density at radius 1 is 1.08 bits per heavy atom. The van der Waals surface area contributed by atoms with E-state index >= 15 is 4.39 Å². The number of aromatic nitrogens is 3. The van der Waals surface area contributed by atoms with Gasteiger partial charge in [-0.2, -0.15) is 17.5 Å². The van der Waals surface area contributed by atoms with Crippen LogP contribution in [0.4, 0.5) is 17.6 Å². The molecule has 13 heteroatoms. The third kappa shape index (κ3) is 5.42. The van der Waals surface area contributed by atoms with Crippen LogP contribution in [0.3, 0.4) is 0 Å². The second kappa shape index (κ2) is 10.2. The average molecular weight is 556 g/mol. The molecule has 5 rings (SSSR count). The van der Waals surface area contributed by atoms with Gasteiger partial charge in [0.25, 0.3) is 0 Å². The van der Waals surface area contributed by atoms with Crippen LogP contribution in [0.2, 0.25) is 0 Å². The van der Waals surface area contributed by atoms with Crippen molar-refractivity contribution in [2.24, 2.45) is 0 Å². The van der Waals surface area contributed by atoms with Crippen molar-refractivity contribution >= 4 is 21.1 Å². The fraction of sp³-hybridized carbons (Fsp3) is 0.520. The van der Waals surface area contributed by atoms with Crippen molar-refractivity contribution in [1.29, 1.82) is 0 Å². The fourth-order valence-corrected chi connectivity index (χ4v) is 6.83. The van der Waals surface area contributed by atoms with Gasteiger partial charge < -0.3 is 9.67 Å². The summed E-state index contributed by atoms with van der Waals surface area (Å²) in [5, 5.41) is 10.6. The Morgan fingerprint density at radius 2 is 1.76 bits per heavy atom. The minimum absolute atomic E-state index is 0.0877. The third-order valence-corrected chi connectivity index (χ3v) is 9.28. The van der Waals surface area contributed by atoms with Crippen molar-refractivity contribution in [3.8, 4) is 11.1 Å². The summed E-state index contributed by atoms with van der Waals surface area (Å²) in [7, 11) is -4.23. The number of aliphatic hydroxyl groups excluding tert-OH is 1. The number of hydrogen-bond acceptors (Lipinski definition) is 6. The standard InChI is InChI=1S/C25H29F4N5O3S/c1-16-30-13-20-21(14-34(24(20)31-16)18-3-5-19(35)6-4-18)17-2-7-23(22(26)12-17)38(36,37)33-10-8-32(9-11-33)15-25(27,28)29/h2,7,12-14,18-19,35H,3-6,8-11,15H2,1H3/t18-,19+. The molecule has 3 heterocycles. The fourth-order valence-electron chi connectivity index (χ4n) is 5.36. The Labute approximate surface area is 217 Å². The van der Waals surface area contributed by atoms with Crippen molar-refractivity contribution in [1.82, 2.24) is 23.7 Å². The lowest BCUT2D eigenvalue weighted by molar-refractivity contribution is -0.148. The first-order valence-corrected chi connectivity index (χ1v) is 14.0. The molecule has 0 unspecified atom stereocenters. The average Bonchev–Trinajstić information content (AvgIpc) is 3.22. The van der Waals surface area contributed by atoms with Gasteiger partial charge in [0.05, 0.1) is 12.6 Å². The molecule has 2 aromatic heterocycles. The van der Waals surface area contributed by atoms with E-state index in [2.05, 4.69) is 9.97 Å². The van der Waals surface area contributed by atoms with Crippen molar-refractivity contribution in [3.63, 3.8) is 0 Å². The predicted molar refractivity (Wildman–Crippen MR) is 132 cm³/mol. The van der Waals surface area contributed by atoms with Crippen LogP contribution in [-0.2, 0) is 10.0 Å². The van der Waals surface area contributed by atoms with Crippen molar-refractivity contribution in [3.05, 3.63) is 42.2 Å². The van der Waals surface area contributed by atoms with Crippen LogP contribution in [0.25, 0.3) is 22.2 Å². The van der Waals surface area contributed by atoms with E-state index in [-0.39, 0.29) is 38.3 Å². The summed E-state index contributed by atoms with van der Waals surface area (Å²) in [4.78, 5) is 9.53. The molecule has 0 radical (unpaired) electrons. The van der Waals surface area contributed by atoms with Crippen LogP contribution in [0.15, 0.2) is 35.5 Å². The Hall–Kier alpha value is -2.61. The number of nitrogens with zero attached hydrogens (tertiary/aromatic N) is 5. The maximum absolute atomic E-state index is 15.3. The third-order valence-electron chi connectivity index (χ3n) is 7.35. The minimum atomic E-state index is -4.37. The molecule has 1 aromatic carbocycles. The Bertz CT molecular complexity index is 1430. The van der Waals surface area contributed by atoms with Gasteiger partial charge in [0.2, 0.25) is 10.0 Å². The van der Waals surface area contributed by atoms with E-state index in [1.165, 1.54) is 12.1 Å². The lowest BCUT2D eigenvalue weighted by Crippen LogP contribution is -2.50. The molecule has 1 aliphatic heterocycles. The summed E-state index contributed by atoms with van der Waals surface area (Å²) < 4.78 is 82.6. The molecule has 2 aliphatic rings. The zero-order valence-corrected chi connectivity index (χ0v) is 21.6. The van der Waals surface area contributed by atoms with Crippen LogP contribution in [0, 0.1) is 12.7 Å². The molecule has 8 nitrogen and oxygen atoms in total. The number of hydrogen-bond donors (Lipinski definition) is 1. The first-order chi connectivity index (χ1) is 17.9. The van der Waals surface area contributed by atoms with Crippen LogP contribution in [0.5, 0.6) is 0 Å². The van der Waals surface area contributed by atoms with E-state index < -0.39 is 33.5 Å². The van der Waals surface area contributed by atoms with E-state index in [1.807, 2.05) is 10.8 Å². The van der Waals surface area contributed by atoms with Gasteiger partial charge in [-0.1, -0.05) is 6.07 Å². The van der Waals surface area contributed by atoms with Crippen LogP contribution in [0.1, 0.15) is 37.5 Å². The summed E-state index contributed by atoms with van der Waals surface area (Å²) in [6.07, 6.45) is 1.76. The topological polar surface area (TPSA) is 91.6 Å². The Morgan fingerprint density at radius 3 is 2.39 bits per heavy atom. The van der Waals surface area contributed by atoms with E-state index in [1.54, 1.807) is 13.1 Å². The van der Waals surface area contributed by atoms with Gasteiger partial charge in [0.15, 0.2) is 0 Å². The second-order valence-electron chi connectivity index (χ2n) is 10.0. The van der Waals surface area contributed by atoms with Crippen molar-refractivity contribution in [2.75, 3.05) is 32.7 Å². The number of aliphatic hydroxyl groups is 1.